The molecule has 2 N–H and O–H groups in total. The molecule has 21 heavy (non-hydrogen) atoms. The Morgan fingerprint density at radius 3 is 2.76 bits per heavy atom. The molecule has 1 aromatic carbocycles. The van der Waals surface area contributed by atoms with E-state index in [1.54, 1.807) is 12.4 Å². The molecule has 0 aliphatic carbocycles. The van der Waals surface area contributed by atoms with Crippen molar-refractivity contribution < 1.29 is 8.78 Å². The number of hydrogen-bond donors (Lipinski definition) is 1. The van der Waals surface area contributed by atoms with Crippen molar-refractivity contribution in [3.8, 4) is 5.95 Å². The number of rotatable bonds is 3. The number of nitrogen functional groups attached to an aromatic ring is 1. The van der Waals surface area contributed by atoms with Gasteiger partial charge in [-0.25, -0.2) is 13.8 Å². The highest BCUT2D eigenvalue weighted by molar-refractivity contribution is 7.99. The van der Waals surface area contributed by atoms with Crippen molar-refractivity contribution in [3.05, 3.63) is 48.6 Å². The van der Waals surface area contributed by atoms with Gasteiger partial charge in [0.2, 0.25) is 11.9 Å². The van der Waals surface area contributed by atoms with Crippen LogP contribution in [0.1, 0.15) is 0 Å². The average molecular weight is 306 g/mol. The van der Waals surface area contributed by atoms with Crippen molar-refractivity contribution >= 4 is 17.7 Å². The van der Waals surface area contributed by atoms with Crippen LogP contribution >= 0.6 is 11.8 Å². The van der Waals surface area contributed by atoms with Gasteiger partial charge in [-0.2, -0.15) is 15.0 Å². The number of halogens is 2. The minimum atomic E-state index is -0.565. The van der Waals surface area contributed by atoms with Gasteiger partial charge in [-0.3, -0.25) is 4.57 Å². The van der Waals surface area contributed by atoms with E-state index in [9.17, 15) is 8.78 Å². The number of nitrogens with two attached hydrogens (primary N) is 1. The third-order valence-corrected chi connectivity index (χ3v) is 3.35. The lowest BCUT2D eigenvalue weighted by Crippen LogP contribution is -2.06. The van der Waals surface area contributed by atoms with Gasteiger partial charge < -0.3 is 5.73 Å². The molecule has 0 radical (unpaired) electrons. The standard InChI is InChI=1S/C12H8F2N6S/c13-7-1-2-8(14)9(5-7)21-12-18-10(15)17-11(19-12)20-4-3-16-6-20/h1-6H,(H2,15,17,18,19). The van der Waals surface area contributed by atoms with Gasteiger partial charge in [0.15, 0.2) is 5.16 Å². The fourth-order valence-corrected chi connectivity index (χ4v) is 2.35. The maximum atomic E-state index is 13.6. The van der Waals surface area contributed by atoms with Crippen LogP contribution in [0.3, 0.4) is 0 Å². The first-order valence-electron chi connectivity index (χ1n) is 5.74. The summed E-state index contributed by atoms with van der Waals surface area (Å²) in [5, 5.41) is 0.163. The van der Waals surface area contributed by atoms with E-state index in [0.717, 1.165) is 30.0 Å². The van der Waals surface area contributed by atoms with E-state index in [4.69, 9.17) is 5.73 Å². The first-order chi connectivity index (χ1) is 10.1. The summed E-state index contributed by atoms with van der Waals surface area (Å²) in [5.41, 5.74) is 5.61. The van der Waals surface area contributed by atoms with E-state index in [-0.39, 0.29) is 21.9 Å². The molecule has 0 bridgehead atoms. The van der Waals surface area contributed by atoms with E-state index in [1.807, 2.05) is 0 Å². The lowest BCUT2D eigenvalue weighted by molar-refractivity contribution is 0.577. The Morgan fingerprint density at radius 2 is 2.00 bits per heavy atom. The fraction of sp³-hybridized carbons (Fsp3) is 0. The van der Waals surface area contributed by atoms with Crippen molar-refractivity contribution in [3.63, 3.8) is 0 Å². The van der Waals surface area contributed by atoms with E-state index in [1.165, 1.54) is 10.9 Å². The average Bonchev–Trinajstić information content (AvgIpc) is 2.96. The topological polar surface area (TPSA) is 82.5 Å². The summed E-state index contributed by atoms with van der Waals surface area (Å²) in [6.07, 6.45) is 4.68. The summed E-state index contributed by atoms with van der Waals surface area (Å²) in [6.45, 7) is 0. The monoisotopic (exact) mass is 306 g/mol. The molecule has 0 aliphatic rings. The Labute approximate surface area is 122 Å². The van der Waals surface area contributed by atoms with Crippen LogP contribution in [0.15, 0.2) is 47.0 Å². The molecule has 106 valence electrons. The van der Waals surface area contributed by atoms with E-state index >= 15 is 0 Å². The molecule has 0 spiro atoms. The quantitative estimate of drug-likeness (QED) is 0.797. The molecule has 2 heterocycles. The Bertz CT molecular complexity index is 777. The zero-order chi connectivity index (χ0) is 14.8. The molecule has 0 amide bonds. The summed E-state index contributed by atoms with van der Waals surface area (Å²) in [7, 11) is 0. The van der Waals surface area contributed by atoms with Crippen molar-refractivity contribution in [2.45, 2.75) is 10.1 Å². The number of benzene rings is 1. The van der Waals surface area contributed by atoms with Gasteiger partial charge in [-0.05, 0) is 30.0 Å². The number of aromatic nitrogens is 5. The van der Waals surface area contributed by atoms with Crippen LogP contribution in [-0.4, -0.2) is 24.5 Å². The molecule has 3 rings (SSSR count). The normalized spacial score (nSPS) is 10.8. The highest BCUT2D eigenvalue weighted by Gasteiger charge is 2.11. The minimum absolute atomic E-state index is 0.0204. The van der Waals surface area contributed by atoms with E-state index in [2.05, 4.69) is 19.9 Å². The van der Waals surface area contributed by atoms with Crippen molar-refractivity contribution in [2.75, 3.05) is 5.73 Å². The van der Waals surface area contributed by atoms with Crippen LogP contribution in [0.2, 0.25) is 0 Å². The second-order valence-corrected chi connectivity index (χ2v) is 4.93. The Balaban J connectivity index is 1.97. The minimum Gasteiger partial charge on any atom is -0.368 e. The van der Waals surface area contributed by atoms with E-state index in [0.29, 0.717) is 0 Å². The highest BCUT2D eigenvalue weighted by atomic mass is 32.2. The van der Waals surface area contributed by atoms with Crippen LogP contribution in [0.5, 0.6) is 0 Å². The molecular formula is C12H8F2N6S. The molecule has 2 aromatic heterocycles. The number of anilines is 1. The maximum absolute atomic E-state index is 13.6. The van der Waals surface area contributed by atoms with Crippen molar-refractivity contribution in [1.82, 2.24) is 24.5 Å². The zero-order valence-corrected chi connectivity index (χ0v) is 11.3. The van der Waals surface area contributed by atoms with Crippen LogP contribution < -0.4 is 5.73 Å². The number of imidazole rings is 1. The van der Waals surface area contributed by atoms with Gasteiger partial charge >= 0.3 is 0 Å². The van der Waals surface area contributed by atoms with Gasteiger partial charge in [0.25, 0.3) is 0 Å². The number of hydrogen-bond acceptors (Lipinski definition) is 6. The molecule has 0 saturated heterocycles. The first kappa shape index (κ1) is 13.4. The van der Waals surface area contributed by atoms with Crippen LogP contribution in [0, 0.1) is 11.6 Å². The molecule has 0 fully saturated rings. The van der Waals surface area contributed by atoms with Gasteiger partial charge in [0, 0.05) is 12.4 Å². The fourth-order valence-electron chi connectivity index (χ4n) is 1.55. The predicted octanol–water partition coefficient (Wildman–Crippen LogP) is 2.07. The summed E-state index contributed by atoms with van der Waals surface area (Å²) in [4.78, 5) is 15.9. The number of nitrogens with zero attached hydrogens (tertiary/aromatic N) is 5. The molecule has 0 aliphatic heterocycles. The zero-order valence-electron chi connectivity index (χ0n) is 10.4. The largest absolute Gasteiger partial charge is 0.368 e. The third kappa shape index (κ3) is 2.97. The molecule has 3 aromatic rings. The van der Waals surface area contributed by atoms with E-state index < -0.39 is 11.6 Å². The van der Waals surface area contributed by atoms with Crippen LogP contribution in [0.25, 0.3) is 5.95 Å². The third-order valence-electron chi connectivity index (χ3n) is 2.45. The van der Waals surface area contributed by atoms with Gasteiger partial charge in [0.05, 0.1) is 4.90 Å². The Morgan fingerprint density at radius 1 is 1.14 bits per heavy atom. The predicted molar refractivity (Wildman–Crippen MR) is 71.8 cm³/mol. The maximum Gasteiger partial charge on any atom is 0.240 e. The molecule has 9 heteroatoms. The summed E-state index contributed by atoms with van der Waals surface area (Å²) in [5.74, 6) is -0.882. The molecule has 0 unspecified atom stereocenters. The summed E-state index contributed by atoms with van der Waals surface area (Å²) < 4.78 is 28.3. The first-order valence-corrected chi connectivity index (χ1v) is 6.56. The molecule has 0 atom stereocenters. The highest BCUT2D eigenvalue weighted by Crippen LogP contribution is 2.28. The smallest absolute Gasteiger partial charge is 0.240 e. The van der Waals surface area contributed by atoms with Gasteiger partial charge in [0.1, 0.15) is 18.0 Å². The lowest BCUT2D eigenvalue weighted by atomic mass is 10.3. The SMILES string of the molecule is Nc1nc(Sc2cc(F)ccc2F)nc(-n2ccnc2)n1. The Hall–Kier alpha value is -2.55. The summed E-state index contributed by atoms with van der Waals surface area (Å²) in [6, 6.07) is 3.15. The van der Waals surface area contributed by atoms with Crippen molar-refractivity contribution in [1.29, 1.82) is 0 Å². The second-order valence-electron chi connectivity index (χ2n) is 3.92. The lowest BCUT2D eigenvalue weighted by Gasteiger charge is -2.05. The van der Waals surface area contributed by atoms with Crippen molar-refractivity contribution in [2.24, 2.45) is 0 Å². The van der Waals surface area contributed by atoms with Gasteiger partial charge in [-0.1, -0.05) is 0 Å². The summed E-state index contributed by atoms with van der Waals surface area (Å²) >= 11 is 0.863. The van der Waals surface area contributed by atoms with Crippen LogP contribution in [-0.2, 0) is 0 Å². The molecular weight excluding hydrogens is 298 g/mol. The molecule has 6 nitrogen and oxygen atoms in total. The molecule has 0 saturated carbocycles. The Kier molecular flexibility index (Phi) is 3.48. The van der Waals surface area contributed by atoms with Gasteiger partial charge in [-0.15, -0.1) is 0 Å². The van der Waals surface area contributed by atoms with Crippen LogP contribution in [0.4, 0.5) is 14.7 Å². The second kappa shape index (κ2) is 5.44.